The minimum Gasteiger partial charge on any atom is -0.351 e. The van der Waals surface area contributed by atoms with E-state index in [0.717, 1.165) is 26.2 Å². The zero-order valence-corrected chi connectivity index (χ0v) is 11.6. The number of hydrogen-bond donors (Lipinski definition) is 1. The average molecular weight is 242 g/mol. The van der Waals surface area contributed by atoms with Crippen LogP contribution in [0.2, 0.25) is 0 Å². The van der Waals surface area contributed by atoms with E-state index < -0.39 is 0 Å². The molecule has 0 radical (unpaired) electrons. The Morgan fingerprint density at radius 3 is 2.41 bits per heavy atom. The van der Waals surface area contributed by atoms with Gasteiger partial charge in [-0.1, -0.05) is 13.8 Å². The second kappa shape index (κ2) is 4.84. The molecule has 0 bridgehead atoms. The van der Waals surface area contributed by atoms with Gasteiger partial charge in [0.25, 0.3) is 0 Å². The van der Waals surface area contributed by atoms with E-state index >= 15 is 0 Å². The minimum absolute atomic E-state index is 0.348. The molecular weight excluding hydrogens is 216 g/mol. The molecule has 1 N–H and O–H groups in total. The highest BCUT2D eigenvalue weighted by Gasteiger charge is 2.45. The van der Waals surface area contributed by atoms with E-state index in [2.05, 4.69) is 24.1 Å². The van der Waals surface area contributed by atoms with Crippen molar-refractivity contribution in [3.8, 4) is 0 Å². The van der Waals surface area contributed by atoms with E-state index in [-0.39, 0.29) is 5.79 Å². The summed E-state index contributed by atoms with van der Waals surface area (Å²) in [6, 6.07) is 0.586. The Hall–Kier alpha value is -0.160. The third-order valence-electron chi connectivity index (χ3n) is 4.45. The van der Waals surface area contributed by atoms with E-state index in [1.165, 1.54) is 12.8 Å². The molecule has 0 aromatic heterocycles. The van der Waals surface area contributed by atoms with Crippen molar-refractivity contribution >= 4 is 0 Å². The summed E-state index contributed by atoms with van der Waals surface area (Å²) in [5.41, 5.74) is 0.399. The van der Waals surface area contributed by atoms with E-state index in [0.29, 0.717) is 11.5 Å². The molecule has 2 aliphatic heterocycles. The van der Waals surface area contributed by atoms with Crippen molar-refractivity contribution in [1.29, 1.82) is 0 Å². The van der Waals surface area contributed by atoms with Gasteiger partial charge in [-0.3, -0.25) is 4.90 Å². The Morgan fingerprint density at radius 1 is 1.24 bits per heavy atom. The first-order valence-electron chi connectivity index (χ1n) is 6.57. The van der Waals surface area contributed by atoms with Crippen molar-refractivity contribution in [2.24, 2.45) is 5.41 Å². The first kappa shape index (κ1) is 13.3. The van der Waals surface area contributed by atoms with Crippen LogP contribution in [0.3, 0.4) is 0 Å². The second-order valence-electron chi connectivity index (χ2n) is 6.09. The maximum absolute atomic E-state index is 5.41. The second-order valence-corrected chi connectivity index (χ2v) is 6.09. The highest BCUT2D eigenvalue weighted by Crippen LogP contribution is 2.33. The highest BCUT2D eigenvalue weighted by molar-refractivity contribution is 4.96. The van der Waals surface area contributed by atoms with E-state index in [4.69, 9.17) is 9.47 Å². The predicted molar refractivity (Wildman–Crippen MR) is 68.0 cm³/mol. The van der Waals surface area contributed by atoms with Crippen molar-refractivity contribution in [2.45, 2.75) is 38.5 Å². The van der Waals surface area contributed by atoms with Gasteiger partial charge in [-0.25, -0.2) is 0 Å². The molecule has 0 amide bonds. The molecule has 0 aromatic carbocycles. The smallest absolute Gasteiger partial charge is 0.193 e. The van der Waals surface area contributed by atoms with Crippen LogP contribution in [0.15, 0.2) is 0 Å². The number of ether oxygens (including phenoxy) is 2. The summed E-state index contributed by atoms with van der Waals surface area (Å²) in [6.45, 7) is 8.75. The number of nitrogens with zero attached hydrogens (tertiary/aromatic N) is 1. The minimum atomic E-state index is -0.348. The fraction of sp³-hybridized carbons (Fsp3) is 1.00. The van der Waals surface area contributed by atoms with Crippen LogP contribution in [-0.2, 0) is 9.47 Å². The summed E-state index contributed by atoms with van der Waals surface area (Å²) in [6.07, 6.45) is 2.61. The molecule has 4 nitrogen and oxygen atoms in total. The van der Waals surface area contributed by atoms with E-state index in [1.807, 2.05) is 0 Å². The molecule has 4 heteroatoms. The molecule has 0 aromatic rings. The van der Waals surface area contributed by atoms with Crippen molar-refractivity contribution in [3.05, 3.63) is 0 Å². The van der Waals surface area contributed by atoms with E-state index in [9.17, 15) is 0 Å². The number of hydrogen-bond acceptors (Lipinski definition) is 4. The first-order chi connectivity index (χ1) is 8.01. The Balaban J connectivity index is 1.83. The van der Waals surface area contributed by atoms with Crippen molar-refractivity contribution in [3.63, 3.8) is 0 Å². The number of methoxy groups -OCH3 is 2. The van der Waals surface area contributed by atoms with Crippen molar-refractivity contribution in [1.82, 2.24) is 10.2 Å². The van der Waals surface area contributed by atoms with Crippen LogP contribution < -0.4 is 5.32 Å². The van der Waals surface area contributed by atoms with Gasteiger partial charge in [0.05, 0.1) is 13.1 Å². The van der Waals surface area contributed by atoms with Gasteiger partial charge >= 0.3 is 0 Å². The maximum atomic E-state index is 5.41. The lowest BCUT2D eigenvalue weighted by molar-refractivity contribution is -0.276. The van der Waals surface area contributed by atoms with Crippen LogP contribution in [0.25, 0.3) is 0 Å². The summed E-state index contributed by atoms with van der Waals surface area (Å²) in [5, 5.41) is 3.65. The van der Waals surface area contributed by atoms with Crippen LogP contribution >= 0.6 is 0 Å². The fourth-order valence-corrected chi connectivity index (χ4v) is 2.95. The van der Waals surface area contributed by atoms with Crippen LogP contribution in [0.1, 0.15) is 26.7 Å². The summed E-state index contributed by atoms with van der Waals surface area (Å²) < 4.78 is 10.8. The number of nitrogens with one attached hydrogen (secondary N) is 1. The van der Waals surface area contributed by atoms with Gasteiger partial charge in [-0.15, -0.1) is 0 Å². The lowest BCUT2D eigenvalue weighted by Crippen LogP contribution is -2.67. The summed E-state index contributed by atoms with van der Waals surface area (Å²) in [5.74, 6) is -0.348. The van der Waals surface area contributed by atoms with Gasteiger partial charge in [0.1, 0.15) is 0 Å². The molecule has 2 saturated heterocycles. The third kappa shape index (κ3) is 2.65. The Labute approximate surface area is 105 Å². The number of piperidine rings is 1. The maximum Gasteiger partial charge on any atom is 0.193 e. The molecule has 2 heterocycles. The van der Waals surface area contributed by atoms with Crippen LogP contribution in [0.4, 0.5) is 0 Å². The fourth-order valence-electron chi connectivity index (χ4n) is 2.95. The molecule has 100 valence electrons. The highest BCUT2D eigenvalue weighted by atomic mass is 16.7. The van der Waals surface area contributed by atoms with Gasteiger partial charge in [0.15, 0.2) is 5.79 Å². The first-order valence-corrected chi connectivity index (χ1v) is 6.57. The lowest BCUT2D eigenvalue weighted by Gasteiger charge is -2.51. The van der Waals surface area contributed by atoms with Gasteiger partial charge in [0.2, 0.25) is 0 Å². The van der Waals surface area contributed by atoms with Crippen LogP contribution in [-0.4, -0.2) is 57.1 Å². The lowest BCUT2D eigenvalue weighted by atomic mass is 9.77. The van der Waals surface area contributed by atoms with Crippen molar-refractivity contribution < 1.29 is 9.47 Å². The normalized spacial score (nSPS) is 32.1. The number of likely N-dealkylation sites (tertiary alicyclic amines) is 1. The van der Waals surface area contributed by atoms with Gasteiger partial charge < -0.3 is 14.8 Å². The van der Waals surface area contributed by atoms with Crippen LogP contribution in [0.5, 0.6) is 0 Å². The van der Waals surface area contributed by atoms with Crippen LogP contribution in [0, 0.1) is 5.41 Å². The largest absolute Gasteiger partial charge is 0.351 e. The van der Waals surface area contributed by atoms with Gasteiger partial charge in [0, 0.05) is 26.8 Å². The quantitative estimate of drug-likeness (QED) is 0.748. The zero-order chi connectivity index (χ0) is 12.5. The summed E-state index contributed by atoms with van der Waals surface area (Å²) in [4.78, 5) is 2.41. The molecule has 0 spiro atoms. The molecule has 0 saturated carbocycles. The SMILES string of the molecule is COC1(OC)CN(CC2NCCCC2(C)C)C1. The standard InChI is InChI=1S/C13H26N2O2/c1-12(2)6-5-7-14-11(12)8-15-9-13(10-15,16-3)17-4/h11,14H,5-10H2,1-4H3. The zero-order valence-electron chi connectivity index (χ0n) is 11.6. The van der Waals surface area contributed by atoms with Gasteiger partial charge in [-0.05, 0) is 24.8 Å². The molecule has 0 aliphatic carbocycles. The average Bonchev–Trinajstić information content (AvgIpc) is 2.25. The number of rotatable bonds is 4. The molecule has 2 aliphatic rings. The van der Waals surface area contributed by atoms with Gasteiger partial charge in [-0.2, -0.15) is 0 Å². The Kier molecular flexibility index (Phi) is 3.78. The molecular formula is C13H26N2O2. The molecule has 17 heavy (non-hydrogen) atoms. The predicted octanol–water partition coefficient (Wildman–Crippen LogP) is 1.07. The monoisotopic (exact) mass is 242 g/mol. The third-order valence-corrected chi connectivity index (χ3v) is 4.45. The summed E-state index contributed by atoms with van der Waals surface area (Å²) >= 11 is 0. The molecule has 2 rings (SSSR count). The molecule has 2 fully saturated rings. The Bertz CT molecular complexity index is 256. The van der Waals surface area contributed by atoms with E-state index in [1.54, 1.807) is 14.2 Å². The summed E-state index contributed by atoms with van der Waals surface area (Å²) in [7, 11) is 3.45. The van der Waals surface area contributed by atoms with Crippen molar-refractivity contribution in [2.75, 3.05) is 40.4 Å². The molecule has 1 atom stereocenters. The Morgan fingerprint density at radius 2 is 1.88 bits per heavy atom. The topological polar surface area (TPSA) is 33.7 Å². The molecule has 1 unspecified atom stereocenters.